The fourth-order valence-electron chi connectivity index (χ4n) is 2.44. The van der Waals surface area contributed by atoms with E-state index in [4.69, 9.17) is 0 Å². The van der Waals surface area contributed by atoms with E-state index in [1.165, 1.54) is 19.9 Å². The molecule has 0 bridgehead atoms. The van der Waals surface area contributed by atoms with Gasteiger partial charge in [0.15, 0.2) is 0 Å². The molecular formula is C11H20F3NO. The number of rotatable bonds is 5. The zero-order chi connectivity index (χ0) is 12.2. The molecule has 1 fully saturated rings. The fraction of sp³-hybridized carbons (Fsp3) is 1.00. The van der Waals surface area contributed by atoms with E-state index >= 15 is 0 Å². The number of likely N-dealkylation sites (N-methyl/N-ethyl adjacent to an activating group) is 1. The van der Waals surface area contributed by atoms with Crippen molar-refractivity contribution in [3.8, 4) is 0 Å². The van der Waals surface area contributed by atoms with Crippen LogP contribution in [0, 0.1) is 5.92 Å². The minimum Gasteiger partial charge on any atom is -0.392 e. The second kappa shape index (κ2) is 5.87. The summed E-state index contributed by atoms with van der Waals surface area (Å²) in [5, 5.41) is 9.67. The zero-order valence-electron chi connectivity index (χ0n) is 9.63. The van der Waals surface area contributed by atoms with Gasteiger partial charge in [-0.3, -0.25) is 4.90 Å². The van der Waals surface area contributed by atoms with Gasteiger partial charge in [0.2, 0.25) is 0 Å². The molecule has 16 heavy (non-hydrogen) atoms. The lowest BCUT2D eigenvalue weighted by molar-refractivity contribution is -0.145. The van der Waals surface area contributed by atoms with Crippen molar-refractivity contribution in [2.45, 2.75) is 44.4 Å². The Labute approximate surface area is 94.4 Å². The van der Waals surface area contributed by atoms with Crippen LogP contribution in [0.25, 0.3) is 0 Å². The Morgan fingerprint density at radius 2 is 1.88 bits per heavy atom. The van der Waals surface area contributed by atoms with Crippen LogP contribution in [0.5, 0.6) is 0 Å². The van der Waals surface area contributed by atoms with Gasteiger partial charge < -0.3 is 5.11 Å². The Balaban J connectivity index is 2.19. The Morgan fingerprint density at radius 1 is 1.31 bits per heavy atom. The Bertz CT molecular complexity index is 202. The molecule has 1 unspecified atom stereocenters. The standard InChI is InChI=1S/C11H20F3NO/c1-15(8-11(12,13)14)7-10(16)6-9-4-2-3-5-9/h9-10,16H,2-8H2,1H3. The van der Waals surface area contributed by atoms with E-state index in [0.29, 0.717) is 12.3 Å². The van der Waals surface area contributed by atoms with Crippen LogP contribution in [0.4, 0.5) is 13.2 Å². The van der Waals surface area contributed by atoms with Crippen LogP contribution < -0.4 is 0 Å². The topological polar surface area (TPSA) is 23.5 Å². The average molecular weight is 239 g/mol. The summed E-state index contributed by atoms with van der Waals surface area (Å²) in [5.41, 5.74) is 0. The molecule has 0 amide bonds. The maximum Gasteiger partial charge on any atom is 0.401 e. The molecule has 0 heterocycles. The molecule has 5 heteroatoms. The van der Waals surface area contributed by atoms with Crippen LogP contribution in [0.3, 0.4) is 0 Å². The Kier molecular flexibility index (Phi) is 5.05. The fourth-order valence-corrected chi connectivity index (χ4v) is 2.44. The Hall–Kier alpha value is -0.290. The molecule has 2 nitrogen and oxygen atoms in total. The number of alkyl halides is 3. The normalized spacial score (nSPS) is 20.6. The van der Waals surface area contributed by atoms with Gasteiger partial charge in [-0.1, -0.05) is 25.7 Å². The van der Waals surface area contributed by atoms with Crippen molar-refractivity contribution in [2.75, 3.05) is 20.1 Å². The molecule has 0 saturated heterocycles. The Morgan fingerprint density at radius 3 is 2.38 bits per heavy atom. The summed E-state index contributed by atoms with van der Waals surface area (Å²) in [6.07, 6.45) is 0.436. The summed E-state index contributed by atoms with van der Waals surface area (Å²) in [6.45, 7) is -0.843. The summed E-state index contributed by atoms with van der Waals surface area (Å²) < 4.78 is 36.1. The van der Waals surface area contributed by atoms with Crippen molar-refractivity contribution in [3.05, 3.63) is 0 Å². The van der Waals surface area contributed by atoms with Gasteiger partial charge in [-0.25, -0.2) is 0 Å². The first kappa shape index (κ1) is 13.8. The predicted octanol–water partition coefficient (Wildman–Crippen LogP) is 2.42. The lowest BCUT2D eigenvalue weighted by Gasteiger charge is -2.23. The molecule has 0 aromatic carbocycles. The summed E-state index contributed by atoms with van der Waals surface area (Å²) >= 11 is 0. The molecule has 0 spiro atoms. The number of nitrogens with zero attached hydrogens (tertiary/aromatic N) is 1. The van der Waals surface area contributed by atoms with Crippen LogP contribution in [-0.2, 0) is 0 Å². The summed E-state index contributed by atoms with van der Waals surface area (Å²) in [7, 11) is 1.39. The molecule has 96 valence electrons. The van der Waals surface area contributed by atoms with Crippen molar-refractivity contribution in [1.29, 1.82) is 0 Å². The van der Waals surface area contributed by atoms with E-state index in [9.17, 15) is 18.3 Å². The molecule has 0 aromatic heterocycles. The molecule has 0 radical (unpaired) electrons. The lowest BCUT2D eigenvalue weighted by atomic mass is 10.00. The smallest absolute Gasteiger partial charge is 0.392 e. The van der Waals surface area contributed by atoms with Gasteiger partial charge in [0.25, 0.3) is 0 Å². The maximum absolute atomic E-state index is 12.0. The highest BCUT2D eigenvalue weighted by Gasteiger charge is 2.30. The van der Waals surface area contributed by atoms with Gasteiger partial charge in [-0.05, 0) is 19.4 Å². The van der Waals surface area contributed by atoms with Gasteiger partial charge in [-0.2, -0.15) is 13.2 Å². The molecule has 1 rings (SSSR count). The third kappa shape index (κ3) is 5.70. The second-order valence-electron chi connectivity index (χ2n) is 4.85. The summed E-state index contributed by atoms with van der Waals surface area (Å²) in [4.78, 5) is 1.14. The van der Waals surface area contributed by atoms with E-state index in [1.807, 2.05) is 0 Å². The quantitative estimate of drug-likeness (QED) is 0.796. The van der Waals surface area contributed by atoms with Gasteiger partial charge in [-0.15, -0.1) is 0 Å². The molecule has 1 saturated carbocycles. The summed E-state index contributed by atoms with van der Waals surface area (Å²) in [5.74, 6) is 0.509. The number of aliphatic hydroxyl groups is 1. The van der Waals surface area contributed by atoms with Crippen molar-refractivity contribution in [3.63, 3.8) is 0 Å². The highest BCUT2D eigenvalue weighted by molar-refractivity contribution is 4.73. The second-order valence-corrected chi connectivity index (χ2v) is 4.85. The molecule has 1 aliphatic rings. The monoisotopic (exact) mass is 239 g/mol. The maximum atomic E-state index is 12.0. The van der Waals surface area contributed by atoms with Crippen LogP contribution in [0.1, 0.15) is 32.1 Å². The first-order valence-electron chi connectivity index (χ1n) is 5.80. The van der Waals surface area contributed by atoms with Crippen molar-refractivity contribution in [1.82, 2.24) is 4.90 Å². The van der Waals surface area contributed by atoms with Crippen LogP contribution in [0.2, 0.25) is 0 Å². The minimum absolute atomic E-state index is 0.107. The molecule has 0 aliphatic heterocycles. The first-order chi connectivity index (χ1) is 7.37. The number of aliphatic hydroxyl groups excluding tert-OH is 1. The largest absolute Gasteiger partial charge is 0.401 e. The number of hydrogen-bond donors (Lipinski definition) is 1. The predicted molar refractivity (Wildman–Crippen MR) is 56.1 cm³/mol. The first-order valence-corrected chi connectivity index (χ1v) is 5.80. The van der Waals surface area contributed by atoms with E-state index in [0.717, 1.165) is 17.7 Å². The lowest BCUT2D eigenvalue weighted by Crippen LogP contribution is -2.37. The third-order valence-corrected chi connectivity index (χ3v) is 3.05. The number of hydrogen-bond acceptors (Lipinski definition) is 2. The molecule has 0 aromatic rings. The van der Waals surface area contributed by atoms with Crippen LogP contribution in [0.15, 0.2) is 0 Å². The van der Waals surface area contributed by atoms with Crippen LogP contribution in [-0.4, -0.2) is 42.4 Å². The van der Waals surface area contributed by atoms with E-state index in [2.05, 4.69) is 0 Å². The highest BCUT2D eigenvalue weighted by Crippen LogP contribution is 2.28. The zero-order valence-corrected chi connectivity index (χ0v) is 9.63. The molecular weight excluding hydrogens is 219 g/mol. The molecule has 1 N–H and O–H groups in total. The van der Waals surface area contributed by atoms with Crippen molar-refractivity contribution < 1.29 is 18.3 Å². The van der Waals surface area contributed by atoms with Gasteiger partial charge >= 0.3 is 6.18 Å². The van der Waals surface area contributed by atoms with E-state index < -0.39 is 18.8 Å². The van der Waals surface area contributed by atoms with Crippen molar-refractivity contribution >= 4 is 0 Å². The third-order valence-electron chi connectivity index (χ3n) is 3.05. The summed E-state index contributed by atoms with van der Waals surface area (Å²) in [6, 6.07) is 0. The van der Waals surface area contributed by atoms with Crippen molar-refractivity contribution in [2.24, 2.45) is 5.92 Å². The van der Waals surface area contributed by atoms with Gasteiger partial charge in [0.05, 0.1) is 12.6 Å². The molecule has 1 aliphatic carbocycles. The van der Waals surface area contributed by atoms with Gasteiger partial charge in [0, 0.05) is 6.54 Å². The van der Waals surface area contributed by atoms with E-state index in [-0.39, 0.29) is 6.54 Å². The highest BCUT2D eigenvalue weighted by atomic mass is 19.4. The van der Waals surface area contributed by atoms with Crippen LogP contribution >= 0.6 is 0 Å². The molecule has 1 atom stereocenters. The average Bonchev–Trinajstić information content (AvgIpc) is 2.51. The van der Waals surface area contributed by atoms with E-state index in [1.54, 1.807) is 0 Å². The SMILES string of the molecule is CN(CC(O)CC1CCCC1)CC(F)(F)F. The number of halogens is 3. The van der Waals surface area contributed by atoms with Gasteiger partial charge in [0.1, 0.15) is 0 Å². The minimum atomic E-state index is -4.18.